The van der Waals surface area contributed by atoms with E-state index >= 15 is 0 Å². The lowest BCUT2D eigenvalue weighted by molar-refractivity contribution is -0.0507. The molecule has 7 nitrogen and oxygen atoms in total. The van der Waals surface area contributed by atoms with Crippen molar-refractivity contribution in [2.24, 2.45) is 0 Å². The van der Waals surface area contributed by atoms with E-state index in [0.717, 1.165) is 16.0 Å². The quantitative estimate of drug-likeness (QED) is 0.335. The van der Waals surface area contributed by atoms with Crippen LogP contribution >= 0.6 is 7.14 Å². The van der Waals surface area contributed by atoms with Gasteiger partial charge in [-0.15, -0.1) is 0 Å². The maximum Gasteiger partial charge on any atom is 0.387 e. The Bertz CT molecular complexity index is 1750. The third-order valence-electron chi connectivity index (χ3n) is 7.08. The highest BCUT2D eigenvalue weighted by Gasteiger charge is 2.45. The predicted octanol–water partition coefficient (Wildman–Crippen LogP) is 5.38. The molecule has 0 saturated carbocycles. The Kier molecular flexibility index (Phi) is 4.55. The molecule has 4 aromatic rings. The maximum atomic E-state index is 13.6. The van der Waals surface area contributed by atoms with Crippen molar-refractivity contribution in [3.63, 3.8) is 0 Å². The number of aromatic nitrogens is 3. The molecule has 2 bridgehead atoms. The summed E-state index contributed by atoms with van der Waals surface area (Å²) in [4.78, 5) is 23.7. The fourth-order valence-corrected chi connectivity index (χ4v) is 6.25. The van der Waals surface area contributed by atoms with E-state index in [1.54, 1.807) is 25.5 Å². The zero-order chi connectivity index (χ0) is 28.7. The maximum absolute atomic E-state index is 13.6. The molecule has 37 heavy (non-hydrogen) atoms. The number of ether oxygens (including phenoxy) is 1. The highest BCUT2D eigenvalue weighted by molar-refractivity contribution is 7.69. The summed E-state index contributed by atoms with van der Waals surface area (Å²) in [5.74, 6) is -0.601. The number of carbonyl (C=O) groups excluding carboxylic acids is 1. The van der Waals surface area contributed by atoms with Gasteiger partial charge in [0.15, 0.2) is 0 Å². The first-order valence-corrected chi connectivity index (χ1v) is 14.3. The lowest BCUT2D eigenvalue weighted by Gasteiger charge is -2.24. The molecule has 0 aliphatic carbocycles. The van der Waals surface area contributed by atoms with E-state index in [0.29, 0.717) is 28.0 Å². The summed E-state index contributed by atoms with van der Waals surface area (Å²) in [5, 5.41) is 0. The number of fused-ring (bicyclic) bond motifs is 9. The van der Waals surface area contributed by atoms with Crippen molar-refractivity contribution in [1.82, 2.24) is 19.4 Å². The topological polar surface area (TPSA) is 77.3 Å². The average molecular weight is 526 g/mol. The van der Waals surface area contributed by atoms with E-state index in [2.05, 4.69) is 4.98 Å². The van der Waals surface area contributed by atoms with Gasteiger partial charge in [0, 0.05) is 39.9 Å². The fourth-order valence-electron chi connectivity index (χ4n) is 5.43. The monoisotopic (exact) mass is 525 g/mol. The molecule has 2 aliphatic rings. The predicted molar refractivity (Wildman–Crippen MR) is 137 cm³/mol. The van der Waals surface area contributed by atoms with Gasteiger partial charge in [0.1, 0.15) is 18.7 Å². The van der Waals surface area contributed by atoms with E-state index in [4.69, 9.17) is 13.8 Å². The van der Waals surface area contributed by atoms with Crippen molar-refractivity contribution >= 4 is 29.5 Å². The smallest absolute Gasteiger partial charge is 0.387 e. The molecule has 0 radical (unpaired) electrons. The number of halogens is 2. The molecule has 0 spiro atoms. The van der Waals surface area contributed by atoms with Crippen LogP contribution in [-0.4, -0.2) is 52.3 Å². The molecule has 2 aromatic heterocycles. The first-order chi connectivity index (χ1) is 18.8. The molecule has 2 aliphatic heterocycles. The van der Waals surface area contributed by atoms with E-state index in [9.17, 15) is 18.1 Å². The number of nitrogens with zero attached hydrogens (tertiary/aromatic N) is 4. The van der Waals surface area contributed by atoms with Gasteiger partial charge >= 0.3 is 6.61 Å². The third-order valence-corrected chi connectivity index (χ3v) is 8.44. The van der Waals surface area contributed by atoms with Gasteiger partial charge in [-0.2, -0.15) is 8.78 Å². The standard InChI is InChI=1S/C27H25F2N4O3P/c1-14-16(9-11-23(30-14)37(3,4)35)15-8-10-18-19(12-15)33-20-13-21(25(33)31-18)32(2)26(34)17-6-5-7-22(24(17)20)36-27(28)29/h5-12,20-21,27H,13H2,1-4H3/t20-,21-/m1/s1/i2D3. The number of aryl methyl sites for hydroxylation is 1. The summed E-state index contributed by atoms with van der Waals surface area (Å²) in [5.41, 5.74) is 4.26. The molecule has 190 valence electrons. The Balaban J connectivity index is 1.58. The van der Waals surface area contributed by atoms with Crippen molar-refractivity contribution in [2.45, 2.75) is 32.0 Å². The van der Waals surface area contributed by atoms with E-state index in [1.807, 2.05) is 29.7 Å². The normalized spacial score (nSPS) is 20.3. The minimum atomic E-state index is -3.13. The Morgan fingerprint density at radius 2 is 1.92 bits per heavy atom. The molecule has 4 heterocycles. The zero-order valence-corrected chi connectivity index (χ0v) is 21.2. The largest absolute Gasteiger partial charge is 0.434 e. The number of hydrogen-bond acceptors (Lipinski definition) is 5. The van der Waals surface area contributed by atoms with E-state index in [-0.39, 0.29) is 23.3 Å². The number of rotatable bonds is 4. The lowest BCUT2D eigenvalue weighted by atomic mass is 9.97. The summed E-state index contributed by atoms with van der Waals surface area (Å²) in [7, 11) is -2.55. The van der Waals surface area contributed by atoms with Crippen LogP contribution in [0, 0.1) is 6.92 Å². The first-order valence-electron chi connectivity index (χ1n) is 13.2. The minimum Gasteiger partial charge on any atom is -0.434 e. The molecule has 10 heteroatoms. The van der Waals surface area contributed by atoms with E-state index in [1.165, 1.54) is 18.2 Å². The molecule has 2 aromatic carbocycles. The minimum absolute atomic E-state index is 0.00428. The van der Waals surface area contributed by atoms with Gasteiger partial charge in [0.25, 0.3) is 5.91 Å². The second-order valence-corrected chi connectivity index (χ2v) is 12.9. The molecule has 1 amide bonds. The molecule has 0 N–H and O–H groups in total. The van der Waals surface area contributed by atoms with E-state index < -0.39 is 38.7 Å². The zero-order valence-electron chi connectivity index (χ0n) is 23.3. The van der Waals surface area contributed by atoms with Crippen molar-refractivity contribution in [1.29, 1.82) is 0 Å². The number of benzene rings is 2. The van der Waals surface area contributed by atoms with Crippen molar-refractivity contribution in [3.8, 4) is 16.9 Å². The van der Waals surface area contributed by atoms with Crippen LogP contribution in [0.2, 0.25) is 0 Å². The molecule has 0 fully saturated rings. The van der Waals surface area contributed by atoms with Crippen LogP contribution in [0.4, 0.5) is 8.78 Å². The molecule has 0 saturated heterocycles. The van der Waals surface area contributed by atoms with Crippen molar-refractivity contribution < 1.29 is 27.0 Å². The van der Waals surface area contributed by atoms with Crippen LogP contribution in [0.1, 0.15) is 50.1 Å². The van der Waals surface area contributed by atoms with Crippen LogP contribution < -0.4 is 10.2 Å². The Morgan fingerprint density at radius 3 is 2.62 bits per heavy atom. The summed E-state index contributed by atoms with van der Waals surface area (Å²) in [6.07, 6.45) is 0.140. The van der Waals surface area contributed by atoms with Gasteiger partial charge in [0.05, 0.1) is 28.6 Å². The summed E-state index contributed by atoms with van der Waals surface area (Å²) >= 11 is 0. The number of hydrogen-bond donors (Lipinski definition) is 0. The number of carbonyl (C=O) groups is 1. The molecular formula is C27H25F2N4O3P. The SMILES string of the molecule is [2H]C([2H])([2H])N1C(=O)c2cccc(OC(F)F)c2[C@H]2C[C@@H]1c1nc3ccc(-c4ccc(P(C)(C)=O)nc4C)cc3n12. The van der Waals surface area contributed by atoms with Gasteiger partial charge in [-0.05, 0) is 56.1 Å². The van der Waals surface area contributed by atoms with Gasteiger partial charge in [-0.3, -0.25) is 4.79 Å². The molecular weight excluding hydrogens is 497 g/mol. The Labute approximate surface area is 216 Å². The van der Waals surface area contributed by atoms with Crippen molar-refractivity contribution in [3.05, 3.63) is 71.2 Å². The highest BCUT2D eigenvalue weighted by Crippen LogP contribution is 2.50. The van der Waals surface area contributed by atoms with Gasteiger partial charge in [0.2, 0.25) is 0 Å². The van der Waals surface area contributed by atoms with Crippen molar-refractivity contribution in [2.75, 3.05) is 20.3 Å². The summed E-state index contributed by atoms with van der Waals surface area (Å²) < 4.78 is 70.5. The number of alkyl halides is 2. The summed E-state index contributed by atoms with van der Waals surface area (Å²) in [6.45, 7) is -0.775. The third kappa shape index (κ3) is 3.67. The molecule has 6 rings (SSSR count). The van der Waals surface area contributed by atoms with Gasteiger partial charge < -0.3 is 18.8 Å². The van der Waals surface area contributed by atoms with Crippen LogP contribution in [-0.2, 0) is 4.57 Å². The average Bonchev–Trinajstić information content (AvgIpc) is 3.35. The van der Waals surface area contributed by atoms with Gasteiger partial charge in [-0.1, -0.05) is 18.2 Å². The first kappa shape index (κ1) is 20.5. The van der Waals surface area contributed by atoms with Gasteiger partial charge in [-0.25, -0.2) is 9.97 Å². The molecule has 2 atom stereocenters. The second-order valence-electron chi connectivity index (χ2n) is 9.74. The second kappa shape index (κ2) is 8.21. The Morgan fingerprint density at radius 1 is 1.11 bits per heavy atom. The Hall–Kier alpha value is -3.58. The molecule has 0 unspecified atom stereocenters. The highest BCUT2D eigenvalue weighted by atomic mass is 31.2. The number of imidazole rings is 1. The number of amides is 1. The lowest BCUT2D eigenvalue weighted by Crippen LogP contribution is -2.30. The van der Waals surface area contributed by atoms with Crippen LogP contribution in [0.5, 0.6) is 5.75 Å². The van der Waals surface area contributed by atoms with Crippen LogP contribution in [0.25, 0.3) is 22.2 Å². The summed E-state index contributed by atoms with van der Waals surface area (Å²) in [6, 6.07) is 11.8. The number of pyridine rings is 1. The van der Waals surface area contributed by atoms with Crippen LogP contribution in [0.3, 0.4) is 0 Å². The van der Waals surface area contributed by atoms with Crippen LogP contribution in [0.15, 0.2) is 48.5 Å². The fraction of sp³-hybridized carbons (Fsp3) is 0.296.